The van der Waals surface area contributed by atoms with Crippen LogP contribution in [0.1, 0.15) is 16.8 Å². The number of benzene rings is 1. The molecule has 0 radical (unpaired) electrons. The molecule has 0 saturated carbocycles. The number of nitrogens with one attached hydrogen (secondary N) is 1. The van der Waals surface area contributed by atoms with Crippen LogP contribution in [0.25, 0.3) is 0 Å². The molecule has 10 heteroatoms. The Hall–Kier alpha value is -2.88. The first-order chi connectivity index (χ1) is 11.4. The molecule has 0 bridgehead atoms. The van der Waals surface area contributed by atoms with Gasteiger partial charge in [0.2, 0.25) is 12.2 Å². The van der Waals surface area contributed by atoms with Crippen LogP contribution in [0.4, 0.5) is 5.82 Å². The minimum absolute atomic E-state index is 0.0360. The van der Waals surface area contributed by atoms with Crippen LogP contribution in [0.3, 0.4) is 0 Å². The van der Waals surface area contributed by atoms with Crippen molar-refractivity contribution in [2.75, 3.05) is 6.54 Å². The van der Waals surface area contributed by atoms with Gasteiger partial charge in [-0.25, -0.2) is 0 Å². The smallest absolute Gasteiger partial charge is 0.370 e. The summed E-state index contributed by atoms with van der Waals surface area (Å²) in [6.45, 7) is 0.124. The molecule has 1 aromatic carbocycles. The fraction of sp³-hybridized carbons (Fsp3) is 0.214. The molecule has 3 N–H and O–H groups in total. The van der Waals surface area contributed by atoms with E-state index in [0.29, 0.717) is 15.5 Å². The summed E-state index contributed by atoms with van der Waals surface area (Å²) in [5.41, 5.74) is 5.38. The zero-order valence-electron chi connectivity index (χ0n) is 12.8. The van der Waals surface area contributed by atoms with Crippen LogP contribution < -0.4 is 11.1 Å². The molecule has 0 fully saturated rings. The number of carbonyl (C=O) groups excluding carboxylic acids is 2. The summed E-state index contributed by atoms with van der Waals surface area (Å²) in [5.74, 6) is -1.17. The summed E-state index contributed by atoms with van der Waals surface area (Å²) in [4.78, 5) is 37.7. The van der Waals surface area contributed by atoms with Gasteiger partial charge in [-0.2, -0.15) is 0 Å². The van der Waals surface area contributed by atoms with Crippen molar-refractivity contribution in [3.8, 4) is 0 Å². The van der Waals surface area contributed by atoms with Crippen LogP contribution in [-0.2, 0) is 11.8 Å². The second-order valence-electron chi connectivity index (χ2n) is 4.81. The molecule has 1 heterocycles. The Labute approximate surface area is 141 Å². The van der Waals surface area contributed by atoms with E-state index in [1.807, 2.05) is 0 Å². The monoisotopic (exact) mass is 349 g/mol. The van der Waals surface area contributed by atoms with E-state index in [1.165, 1.54) is 10.9 Å². The van der Waals surface area contributed by atoms with E-state index in [4.69, 9.17) is 5.73 Å². The van der Waals surface area contributed by atoms with Gasteiger partial charge in [0.25, 0.3) is 5.91 Å². The summed E-state index contributed by atoms with van der Waals surface area (Å²) in [5, 5.41) is 14.0. The van der Waals surface area contributed by atoms with Crippen molar-refractivity contribution in [1.82, 2.24) is 14.9 Å². The largest absolute Gasteiger partial charge is 0.396 e. The lowest BCUT2D eigenvalue weighted by Gasteiger charge is -2.09. The van der Waals surface area contributed by atoms with Gasteiger partial charge in [0.05, 0.1) is 5.56 Å². The average Bonchev–Trinajstić information content (AvgIpc) is 2.88. The van der Waals surface area contributed by atoms with Gasteiger partial charge in [0.15, 0.2) is 5.03 Å². The average molecular weight is 349 g/mol. The zero-order valence-corrected chi connectivity index (χ0v) is 13.6. The van der Waals surface area contributed by atoms with Gasteiger partial charge in [0.1, 0.15) is 0 Å². The summed E-state index contributed by atoms with van der Waals surface area (Å²) in [7, 11) is 1.64. The molecule has 0 aliphatic heterocycles. The number of aryl methyl sites for hydroxylation is 1. The van der Waals surface area contributed by atoms with Gasteiger partial charge in [-0.3, -0.25) is 9.59 Å². The molecule has 0 saturated heterocycles. The van der Waals surface area contributed by atoms with Crippen molar-refractivity contribution in [1.29, 1.82) is 0 Å². The van der Waals surface area contributed by atoms with Crippen molar-refractivity contribution < 1.29 is 14.5 Å². The Balaban J connectivity index is 2.23. The first kappa shape index (κ1) is 17.5. The van der Waals surface area contributed by atoms with E-state index in [-0.39, 0.29) is 24.7 Å². The number of nitrogens with zero attached hydrogens (tertiary/aromatic N) is 3. The molecule has 2 rings (SSSR count). The van der Waals surface area contributed by atoms with Gasteiger partial charge in [-0.05, 0) is 22.0 Å². The van der Waals surface area contributed by atoms with Crippen LogP contribution in [0.15, 0.2) is 40.5 Å². The summed E-state index contributed by atoms with van der Waals surface area (Å²) in [6, 6.07) is 6.70. The van der Waals surface area contributed by atoms with Gasteiger partial charge in [-0.1, -0.05) is 23.9 Å². The highest BCUT2D eigenvalue weighted by Gasteiger charge is 2.23. The molecule has 1 aromatic heterocycles. The Morgan fingerprint density at radius 1 is 1.42 bits per heavy atom. The fourth-order valence-electron chi connectivity index (χ4n) is 1.89. The first-order valence-corrected chi connectivity index (χ1v) is 7.71. The summed E-state index contributed by atoms with van der Waals surface area (Å²) >= 11 is 1.08. The molecule has 0 spiro atoms. The number of nitrogens with two attached hydrogens (primary N) is 1. The molecule has 2 amide bonds. The normalized spacial score (nSPS) is 10.4. The maximum Gasteiger partial charge on any atom is 0.396 e. The molecule has 0 aliphatic rings. The SMILES string of the molecule is Cn1cnc([N+](=O)[O-])c1Sc1ccccc1C(=O)NCCC(N)=O. The van der Waals surface area contributed by atoms with Crippen molar-refractivity contribution in [3.63, 3.8) is 0 Å². The van der Waals surface area contributed by atoms with E-state index < -0.39 is 10.8 Å². The molecule has 0 atom stereocenters. The summed E-state index contributed by atoms with van der Waals surface area (Å²) < 4.78 is 1.52. The highest BCUT2D eigenvalue weighted by Crippen LogP contribution is 2.35. The number of carbonyl (C=O) groups is 2. The molecular weight excluding hydrogens is 334 g/mol. The van der Waals surface area contributed by atoms with Gasteiger partial charge in [0, 0.05) is 24.9 Å². The van der Waals surface area contributed by atoms with Gasteiger partial charge in [-0.15, -0.1) is 0 Å². The highest BCUT2D eigenvalue weighted by molar-refractivity contribution is 7.99. The Bertz CT molecular complexity index is 789. The number of rotatable bonds is 7. The Kier molecular flexibility index (Phi) is 5.53. The standard InChI is InChI=1S/C14H15N5O4S/c1-18-8-17-12(19(22)23)14(18)24-10-5-3-2-4-9(10)13(21)16-7-6-11(15)20/h2-5,8H,6-7H2,1H3,(H2,15,20)(H,16,21). The Morgan fingerprint density at radius 3 is 2.79 bits per heavy atom. The van der Waals surface area contributed by atoms with Crippen molar-refractivity contribution in [2.45, 2.75) is 16.3 Å². The lowest BCUT2D eigenvalue weighted by Crippen LogP contribution is -2.28. The van der Waals surface area contributed by atoms with Crippen LogP contribution in [0, 0.1) is 10.1 Å². The van der Waals surface area contributed by atoms with E-state index in [0.717, 1.165) is 11.8 Å². The first-order valence-electron chi connectivity index (χ1n) is 6.89. The number of aromatic nitrogens is 2. The van der Waals surface area contributed by atoms with E-state index >= 15 is 0 Å². The maximum atomic E-state index is 12.2. The van der Waals surface area contributed by atoms with Crippen molar-refractivity contribution in [3.05, 3.63) is 46.3 Å². The van der Waals surface area contributed by atoms with Crippen LogP contribution in [-0.4, -0.2) is 32.8 Å². The van der Waals surface area contributed by atoms with E-state index in [2.05, 4.69) is 10.3 Å². The third-order valence-electron chi connectivity index (χ3n) is 3.03. The molecule has 0 unspecified atom stereocenters. The minimum Gasteiger partial charge on any atom is -0.370 e. The lowest BCUT2D eigenvalue weighted by atomic mass is 10.2. The minimum atomic E-state index is -0.572. The molecule has 9 nitrogen and oxygen atoms in total. The molecular formula is C14H15N5O4S. The molecule has 126 valence electrons. The predicted molar refractivity (Wildman–Crippen MR) is 86.6 cm³/mol. The number of hydrogen-bond acceptors (Lipinski definition) is 6. The number of amides is 2. The topological polar surface area (TPSA) is 133 Å². The Morgan fingerprint density at radius 2 is 2.12 bits per heavy atom. The quantitative estimate of drug-likeness (QED) is 0.568. The van der Waals surface area contributed by atoms with Gasteiger partial charge >= 0.3 is 5.82 Å². The van der Waals surface area contributed by atoms with Gasteiger partial charge < -0.3 is 25.7 Å². The molecule has 24 heavy (non-hydrogen) atoms. The number of imidazole rings is 1. The fourth-order valence-corrected chi connectivity index (χ4v) is 2.93. The number of nitro groups is 1. The third-order valence-corrected chi connectivity index (χ3v) is 4.27. The van der Waals surface area contributed by atoms with Crippen molar-refractivity contribution in [2.24, 2.45) is 12.8 Å². The van der Waals surface area contributed by atoms with Crippen molar-refractivity contribution >= 4 is 29.4 Å². The second kappa shape index (κ2) is 7.59. The number of primary amides is 1. The number of hydrogen-bond donors (Lipinski definition) is 2. The lowest BCUT2D eigenvalue weighted by molar-refractivity contribution is -0.392. The second-order valence-corrected chi connectivity index (χ2v) is 5.84. The summed E-state index contributed by atoms with van der Waals surface area (Å²) in [6.07, 6.45) is 1.38. The van der Waals surface area contributed by atoms with Crippen LogP contribution in [0.5, 0.6) is 0 Å². The van der Waals surface area contributed by atoms with Crippen LogP contribution >= 0.6 is 11.8 Å². The third kappa shape index (κ3) is 4.10. The predicted octanol–water partition coefficient (Wildman–Crippen LogP) is 1.08. The highest BCUT2D eigenvalue weighted by atomic mass is 32.2. The molecule has 0 aliphatic carbocycles. The zero-order chi connectivity index (χ0) is 17.7. The van der Waals surface area contributed by atoms with Crippen LogP contribution in [0.2, 0.25) is 0 Å². The molecule has 2 aromatic rings. The van der Waals surface area contributed by atoms with E-state index in [9.17, 15) is 19.7 Å². The van der Waals surface area contributed by atoms with E-state index in [1.54, 1.807) is 31.3 Å². The maximum absolute atomic E-state index is 12.2.